The number of amides is 4. The number of rotatable bonds is 10. The third-order valence-electron chi connectivity index (χ3n) is 13.1. The van der Waals surface area contributed by atoms with Gasteiger partial charge in [-0.25, -0.2) is 29.5 Å². The molecular weight excluding hydrogens is 777 g/mol. The van der Waals surface area contributed by atoms with Crippen LogP contribution in [0.15, 0.2) is 60.7 Å². The van der Waals surface area contributed by atoms with E-state index >= 15 is 0 Å². The Balaban J connectivity index is 0.872. The molecule has 314 valence electrons. The van der Waals surface area contributed by atoms with Crippen LogP contribution in [0.2, 0.25) is 0 Å². The third-order valence-corrected chi connectivity index (χ3v) is 13.1. The van der Waals surface area contributed by atoms with Crippen molar-refractivity contribution in [2.24, 2.45) is 23.7 Å². The molecule has 4 aromatic heterocycles. The van der Waals surface area contributed by atoms with E-state index in [1.807, 2.05) is 98.2 Å². The van der Waals surface area contributed by atoms with E-state index in [9.17, 15) is 24.3 Å². The van der Waals surface area contributed by atoms with Crippen LogP contribution >= 0.6 is 0 Å². The average molecular weight is 825 g/mol. The number of H-pyrrole nitrogens is 2. The fraction of sp³-hybridized carbons (Fsp3) is 0.422. The highest BCUT2D eigenvalue weighted by Crippen LogP contribution is 2.54. The monoisotopic (exact) mass is 824 g/mol. The Morgan fingerprint density at radius 2 is 1.10 bits per heavy atom. The van der Waals surface area contributed by atoms with Gasteiger partial charge in [-0.15, -0.1) is 0 Å². The largest absolute Gasteiger partial charge is 0.465 e. The molecule has 61 heavy (non-hydrogen) atoms. The van der Waals surface area contributed by atoms with Gasteiger partial charge in [0.15, 0.2) is 0 Å². The Morgan fingerprint density at radius 3 is 1.52 bits per heavy atom. The fourth-order valence-corrected chi connectivity index (χ4v) is 9.72. The van der Waals surface area contributed by atoms with Crippen molar-refractivity contribution >= 4 is 57.1 Å². The first-order valence-corrected chi connectivity index (χ1v) is 21.1. The summed E-state index contributed by atoms with van der Waals surface area (Å²) in [6.07, 6.45) is 1.67. The molecule has 2 saturated carbocycles. The number of nitrogens with one attached hydrogen (secondary N) is 4. The normalized spacial score (nSPS) is 23.7. The van der Waals surface area contributed by atoms with Gasteiger partial charge >= 0.3 is 12.2 Å². The molecule has 4 fully saturated rings. The minimum Gasteiger partial charge on any atom is -0.465 e. The van der Waals surface area contributed by atoms with Crippen molar-refractivity contribution in [3.8, 4) is 22.5 Å². The fourth-order valence-electron chi connectivity index (χ4n) is 9.72. The minimum absolute atomic E-state index is 0.106. The average Bonchev–Trinajstić information content (AvgIpc) is 3.91. The summed E-state index contributed by atoms with van der Waals surface area (Å²) in [5.41, 5.74) is 8.09. The van der Waals surface area contributed by atoms with Gasteiger partial charge in [0.05, 0.1) is 63.7 Å². The number of aromatic nitrogens is 6. The number of fused-ring (bicyclic) bond motifs is 5. The Kier molecular flexibility index (Phi) is 9.21. The number of nitrogens with zero attached hydrogens (tertiary/aromatic N) is 6. The summed E-state index contributed by atoms with van der Waals surface area (Å²) >= 11 is 0. The number of pyridine rings is 2. The molecule has 2 aliphatic heterocycles. The number of methoxy groups -OCH3 is 1. The second-order valence-corrected chi connectivity index (χ2v) is 17.8. The highest BCUT2D eigenvalue weighted by atomic mass is 16.5. The molecule has 16 nitrogen and oxygen atoms in total. The summed E-state index contributed by atoms with van der Waals surface area (Å²) in [6.45, 7) is 7.52. The Labute approximate surface area is 350 Å². The molecule has 4 amide bonds. The molecule has 5 N–H and O–H groups in total. The molecule has 0 unspecified atom stereocenters. The Hall–Kier alpha value is -6.58. The first-order valence-electron chi connectivity index (χ1n) is 21.1. The number of aromatic amines is 2. The zero-order chi connectivity index (χ0) is 42.4. The van der Waals surface area contributed by atoms with Gasteiger partial charge in [-0.2, -0.15) is 0 Å². The molecule has 0 spiro atoms. The highest BCUT2D eigenvalue weighted by Gasteiger charge is 2.57. The van der Waals surface area contributed by atoms with Crippen LogP contribution in [0.1, 0.15) is 77.1 Å². The second-order valence-electron chi connectivity index (χ2n) is 17.8. The molecule has 16 heteroatoms. The van der Waals surface area contributed by atoms with E-state index in [2.05, 4.69) is 20.6 Å². The van der Waals surface area contributed by atoms with Crippen molar-refractivity contribution in [2.75, 3.05) is 7.11 Å². The van der Waals surface area contributed by atoms with Crippen LogP contribution in [0.3, 0.4) is 0 Å². The van der Waals surface area contributed by atoms with Gasteiger partial charge in [-0.3, -0.25) is 9.59 Å². The number of likely N-dealkylation sites (tertiary alicyclic amines) is 2. The molecule has 2 saturated heterocycles. The molecular formula is C45H48N10O6. The van der Waals surface area contributed by atoms with E-state index in [0.29, 0.717) is 17.7 Å². The van der Waals surface area contributed by atoms with Crippen LogP contribution in [0, 0.1) is 23.7 Å². The van der Waals surface area contributed by atoms with Gasteiger partial charge < -0.3 is 40.2 Å². The van der Waals surface area contributed by atoms with Crippen molar-refractivity contribution in [1.82, 2.24) is 50.3 Å². The molecule has 0 bridgehead atoms. The quantitative estimate of drug-likeness (QED) is 0.0985. The van der Waals surface area contributed by atoms with Crippen molar-refractivity contribution in [1.29, 1.82) is 0 Å². The number of imidazole rings is 2. The van der Waals surface area contributed by atoms with Crippen molar-refractivity contribution in [2.45, 2.75) is 89.6 Å². The van der Waals surface area contributed by atoms with Crippen LogP contribution in [-0.4, -0.2) is 100 Å². The van der Waals surface area contributed by atoms with E-state index in [0.717, 1.165) is 87.1 Å². The van der Waals surface area contributed by atoms with E-state index in [1.165, 1.54) is 7.11 Å². The summed E-state index contributed by atoms with van der Waals surface area (Å²) in [5.74, 6) is 1.63. The Bertz CT molecular complexity index is 2760. The SMILES string of the molecule is COC(=O)N[C@H](C(=O)N1[C@@H]2C[C@@H]2C[C@H]1c1nc2cc(-c3ccc4nc(-c5ccc6[nH]c([C@@H]7C[C@H]8C[C@H]8N7C(=O)[C@@H](NC(=O)O)C(C)C)nc6c5)ccc4n3)ccc2[nH]1)C(C)C. The molecule has 6 heterocycles. The van der Waals surface area contributed by atoms with Gasteiger partial charge in [0, 0.05) is 23.2 Å². The lowest BCUT2D eigenvalue weighted by Gasteiger charge is -2.31. The van der Waals surface area contributed by atoms with Crippen molar-refractivity contribution < 1.29 is 29.0 Å². The molecule has 2 aromatic carbocycles. The maximum atomic E-state index is 13.9. The lowest BCUT2D eigenvalue weighted by atomic mass is 10.0. The topological polar surface area (TPSA) is 211 Å². The number of hydrogen-bond donors (Lipinski definition) is 5. The maximum absolute atomic E-state index is 13.9. The van der Waals surface area contributed by atoms with Gasteiger partial charge in [-0.05, 0) is 97.9 Å². The van der Waals surface area contributed by atoms with Gasteiger partial charge in [0.1, 0.15) is 23.7 Å². The van der Waals surface area contributed by atoms with Crippen LogP contribution < -0.4 is 10.6 Å². The first kappa shape index (κ1) is 38.6. The maximum Gasteiger partial charge on any atom is 0.407 e. The zero-order valence-electron chi connectivity index (χ0n) is 34.5. The summed E-state index contributed by atoms with van der Waals surface area (Å²) in [4.78, 5) is 81.8. The van der Waals surface area contributed by atoms with E-state index in [1.54, 1.807) is 0 Å². The van der Waals surface area contributed by atoms with E-state index in [-0.39, 0.29) is 47.8 Å². The Morgan fingerprint density at radius 1 is 0.639 bits per heavy atom. The number of carboxylic acid groups (broad SMARTS) is 1. The zero-order valence-corrected chi connectivity index (χ0v) is 34.5. The number of ether oxygens (including phenoxy) is 1. The van der Waals surface area contributed by atoms with Crippen molar-refractivity contribution in [3.63, 3.8) is 0 Å². The molecule has 0 radical (unpaired) electrons. The highest BCUT2D eigenvalue weighted by molar-refractivity contribution is 5.89. The lowest BCUT2D eigenvalue weighted by Crippen LogP contribution is -2.52. The van der Waals surface area contributed by atoms with Crippen LogP contribution in [-0.2, 0) is 14.3 Å². The molecule has 2 aliphatic carbocycles. The second kappa shape index (κ2) is 14.6. The summed E-state index contributed by atoms with van der Waals surface area (Å²) < 4.78 is 4.81. The van der Waals surface area contributed by atoms with Crippen LogP contribution in [0.5, 0.6) is 0 Å². The van der Waals surface area contributed by atoms with E-state index < -0.39 is 24.3 Å². The summed E-state index contributed by atoms with van der Waals surface area (Å²) in [5, 5.41) is 14.6. The molecule has 6 aromatic rings. The predicted molar refractivity (Wildman–Crippen MR) is 226 cm³/mol. The number of hydrogen-bond acceptors (Lipinski definition) is 9. The summed E-state index contributed by atoms with van der Waals surface area (Å²) in [6, 6.07) is 18.1. The smallest absolute Gasteiger partial charge is 0.407 e. The van der Waals surface area contributed by atoms with Crippen LogP contribution in [0.4, 0.5) is 9.59 Å². The van der Waals surface area contributed by atoms with Crippen molar-refractivity contribution in [3.05, 3.63) is 72.3 Å². The third kappa shape index (κ3) is 6.87. The molecule has 4 aliphatic rings. The molecule has 10 rings (SSSR count). The predicted octanol–water partition coefficient (Wildman–Crippen LogP) is 6.71. The lowest BCUT2D eigenvalue weighted by molar-refractivity contribution is -0.137. The number of carbonyl (C=O) groups is 4. The van der Waals surface area contributed by atoms with Gasteiger partial charge in [0.25, 0.3) is 0 Å². The molecule has 8 atom stereocenters. The van der Waals surface area contributed by atoms with Gasteiger partial charge in [0.2, 0.25) is 11.8 Å². The number of piperidine rings is 2. The number of alkyl carbamates (subject to hydrolysis) is 1. The van der Waals surface area contributed by atoms with E-state index in [4.69, 9.17) is 24.7 Å². The first-order chi connectivity index (χ1) is 29.3. The van der Waals surface area contributed by atoms with Gasteiger partial charge in [-0.1, -0.05) is 39.8 Å². The summed E-state index contributed by atoms with van der Waals surface area (Å²) in [7, 11) is 1.30. The minimum atomic E-state index is -1.21. The number of benzene rings is 2. The standard InChI is InChI=1S/C45H48N10O6/c1-20(2)38(52-44(58)59)42(56)54-34-16-24(34)18-36(54)40-48-30-8-6-22(14-32(30)50-40)26-10-12-29-28(46-26)13-11-27(47-29)23-7-9-31-33(15-23)51-41(49-31)37-19-25-17-35(25)55(37)43(57)39(21(3)4)53-45(60)61-5/h6-15,20-21,24-25,34-39,52H,16-19H2,1-5H3,(H,48,50)(H,49,51)(H,53,60)(H,58,59)/t24-,25-,34-,35-,36+,37+,38+,39+/m1/s1. The number of carbonyl (C=O) groups excluding carboxylic acids is 3. The van der Waals surface area contributed by atoms with Crippen LogP contribution in [0.25, 0.3) is 55.6 Å².